The van der Waals surface area contributed by atoms with Gasteiger partial charge in [-0.25, -0.2) is 9.18 Å². The third kappa shape index (κ3) is 4.64. The zero-order valence-electron chi connectivity index (χ0n) is 17.2. The number of nitro benzene ring substituents is 1. The van der Waals surface area contributed by atoms with Gasteiger partial charge in [-0.15, -0.1) is 0 Å². The van der Waals surface area contributed by atoms with Gasteiger partial charge in [0.2, 0.25) is 5.78 Å². The predicted molar refractivity (Wildman–Crippen MR) is 117 cm³/mol. The molecule has 0 fully saturated rings. The van der Waals surface area contributed by atoms with Gasteiger partial charge >= 0.3 is 5.97 Å². The van der Waals surface area contributed by atoms with Gasteiger partial charge in [-0.1, -0.05) is 60.7 Å². The molecule has 0 amide bonds. The standard InChI is InChI=1S/C24H21FN2O5/c1-2-32-23(29)24(25,22(28)18-11-7-4-8-12-18)21(17-9-5-3-6-10-17)26-19-13-15-20(16-14-19)27(30)31/h3-16,21,26H,2H2,1H3. The van der Waals surface area contributed by atoms with E-state index in [1.54, 1.807) is 48.5 Å². The second kappa shape index (κ2) is 9.82. The van der Waals surface area contributed by atoms with Crippen molar-refractivity contribution >= 4 is 23.1 Å². The lowest BCUT2D eigenvalue weighted by Gasteiger charge is -2.32. The number of nitro groups is 1. The number of Topliss-reactive ketones (excluding diaryl/α,β-unsaturated/α-hetero) is 1. The Morgan fingerprint density at radius 3 is 2.09 bits per heavy atom. The monoisotopic (exact) mass is 436 g/mol. The van der Waals surface area contributed by atoms with E-state index in [-0.39, 0.29) is 23.5 Å². The number of hydrogen-bond donors (Lipinski definition) is 1. The van der Waals surface area contributed by atoms with Crippen molar-refractivity contribution in [2.45, 2.75) is 18.6 Å². The molecule has 0 radical (unpaired) electrons. The van der Waals surface area contributed by atoms with Gasteiger partial charge in [-0.05, 0) is 24.6 Å². The quantitative estimate of drug-likeness (QED) is 0.168. The van der Waals surface area contributed by atoms with Crippen molar-refractivity contribution in [1.82, 2.24) is 0 Å². The summed E-state index contributed by atoms with van der Waals surface area (Å²) < 4.78 is 21.7. The third-order valence-electron chi connectivity index (χ3n) is 4.86. The number of nitrogens with one attached hydrogen (secondary N) is 1. The van der Waals surface area contributed by atoms with E-state index >= 15 is 4.39 Å². The molecule has 164 valence electrons. The van der Waals surface area contributed by atoms with Crippen molar-refractivity contribution in [2.75, 3.05) is 11.9 Å². The van der Waals surface area contributed by atoms with Gasteiger partial charge in [-0.2, -0.15) is 0 Å². The van der Waals surface area contributed by atoms with Crippen LogP contribution in [0.25, 0.3) is 0 Å². The molecule has 7 nitrogen and oxygen atoms in total. The first kappa shape index (κ1) is 22.6. The van der Waals surface area contributed by atoms with Gasteiger partial charge in [0, 0.05) is 23.4 Å². The van der Waals surface area contributed by atoms with E-state index < -0.39 is 28.4 Å². The van der Waals surface area contributed by atoms with Crippen LogP contribution >= 0.6 is 0 Å². The van der Waals surface area contributed by atoms with Crippen LogP contribution in [-0.2, 0) is 9.53 Å². The van der Waals surface area contributed by atoms with Gasteiger partial charge in [0.15, 0.2) is 0 Å². The first-order valence-electron chi connectivity index (χ1n) is 9.89. The Labute approximate surface area is 184 Å². The third-order valence-corrected chi connectivity index (χ3v) is 4.86. The Bertz CT molecular complexity index is 1090. The van der Waals surface area contributed by atoms with E-state index in [1.165, 1.54) is 43.3 Å². The largest absolute Gasteiger partial charge is 0.463 e. The van der Waals surface area contributed by atoms with Crippen LogP contribution in [0.4, 0.5) is 15.8 Å². The number of non-ortho nitro benzene ring substituents is 1. The molecule has 3 aromatic rings. The summed E-state index contributed by atoms with van der Waals surface area (Å²) in [6.45, 7) is 1.40. The fraction of sp³-hybridized carbons (Fsp3) is 0.167. The average Bonchev–Trinajstić information content (AvgIpc) is 2.83. The smallest absolute Gasteiger partial charge is 0.354 e. The van der Waals surface area contributed by atoms with Gasteiger partial charge in [0.25, 0.3) is 11.4 Å². The molecule has 3 rings (SSSR count). The van der Waals surface area contributed by atoms with Crippen molar-refractivity contribution in [3.05, 3.63) is 106 Å². The Morgan fingerprint density at radius 2 is 1.56 bits per heavy atom. The number of carbonyl (C=O) groups is 2. The first-order chi connectivity index (χ1) is 15.4. The fourth-order valence-electron chi connectivity index (χ4n) is 3.28. The van der Waals surface area contributed by atoms with Crippen LogP contribution in [0.3, 0.4) is 0 Å². The fourth-order valence-corrected chi connectivity index (χ4v) is 3.28. The van der Waals surface area contributed by atoms with E-state index in [0.717, 1.165) is 0 Å². The summed E-state index contributed by atoms with van der Waals surface area (Å²) in [6.07, 6.45) is 0. The molecule has 1 N–H and O–H groups in total. The SMILES string of the molecule is CCOC(=O)C(F)(C(=O)c1ccccc1)C(Nc1ccc([N+](=O)[O-])cc1)c1ccccc1. The molecular weight excluding hydrogens is 415 g/mol. The number of anilines is 1. The van der Waals surface area contributed by atoms with Crippen molar-refractivity contribution in [2.24, 2.45) is 0 Å². The van der Waals surface area contributed by atoms with Crippen LogP contribution in [0.15, 0.2) is 84.9 Å². The van der Waals surface area contributed by atoms with Crippen molar-refractivity contribution < 1.29 is 23.6 Å². The molecular formula is C24H21FN2O5. The number of ether oxygens (including phenoxy) is 1. The summed E-state index contributed by atoms with van der Waals surface area (Å²) in [6, 6.07) is 19.6. The van der Waals surface area contributed by atoms with E-state index in [4.69, 9.17) is 4.74 Å². The number of esters is 1. The molecule has 0 aliphatic carbocycles. The van der Waals surface area contributed by atoms with Crippen LogP contribution in [0.5, 0.6) is 0 Å². The summed E-state index contributed by atoms with van der Waals surface area (Å²) in [7, 11) is 0. The minimum Gasteiger partial charge on any atom is -0.463 e. The lowest BCUT2D eigenvalue weighted by molar-refractivity contribution is -0.384. The Morgan fingerprint density at radius 1 is 1.00 bits per heavy atom. The highest BCUT2D eigenvalue weighted by molar-refractivity contribution is 6.16. The maximum Gasteiger partial charge on any atom is 0.354 e. The molecule has 32 heavy (non-hydrogen) atoms. The number of hydrogen-bond acceptors (Lipinski definition) is 6. The highest BCUT2D eigenvalue weighted by Crippen LogP contribution is 2.37. The van der Waals surface area contributed by atoms with Gasteiger partial charge in [-0.3, -0.25) is 14.9 Å². The number of carbonyl (C=O) groups excluding carboxylic acids is 2. The second-order valence-corrected chi connectivity index (χ2v) is 6.92. The maximum atomic E-state index is 16.7. The highest BCUT2D eigenvalue weighted by atomic mass is 19.1. The number of halogens is 1. The molecule has 0 heterocycles. The van der Waals surface area contributed by atoms with Gasteiger partial charge in [0.05, 0.1) is 11.5 Å². The molecule has 0 aliphatic heterocycles. The Balaban J connectivity index is 2.12. The minimum absolute atomic E-state index is 0.00878. The first-order valence-corrected chi connectivity index (χ1v) is 9.89. The molecule has 2 unspecified atom stereocenters. The molecule has 0 aromatic heterocycles. The summed E-state index contributed by atoms with van der Waals surface area (Å²) in [5, 5.41) is 13.8. The predicted octanol–water partition coefficient (Wildman–Crippen LogP) is 4.90. The summed E-state index contributed by atoms with van der Waals surface area (Å²) in [4.78, 5) is 36.6. The summed E-state index contributed by atoms with van der Waals surface area (Å²) >= 11 is 0. The van der Waals surface area contributed by atoms with E-state index in [0.29, 0.717) is 5.56 Å². The number of alkyl halides is 1. The normalized spacial score (nSPS) is 13.4. The minimum atomic E-state index is -3.11. The van der Waals surface area contributed by atoms with Gasteiger partial charge in [0.1, 0.15) is 6.04 Å². The summed E-state index contributed by atoms with van der Waals surface area (Å²) in [5.41, 5.74) is -2.64. The van der Waals surface area contributed by atoms with Crippen LogP contribution in [0.1, 0.15) is 28.9 Å². The number of rotatable bonds is 9. The van der Waals surface area contributed by atoms with E-state index in [2.05, 4.69) is 5.32 Å². The molecule has 3 aromatic carbocycles. The lowest BCUT2D eigenvalue weighted by atomic mass is 9.83. The van der Waals surface area contributed by atoms with E-state index in [1.807, 2.05) is 0 Å². The lowest BCUT2D eigenvalue weighted by Crippen LogP contribution is -2.51. The summed E-state index contributed by atoms with van der Waals surface area (Å²) in [5.74, 6) is -2.38. The van der Waals surface area contributed by atoms with Crippen LogP contribution in [0.2, 0.25) is 0 Å². The van der Waals surface area contributed by atoms with Gasteiger partial charge < -0.3 is 10.1 Å². The zero-order valence-corrected chi connectivity index (χ0v) is 17.2. The highest BCUT2D eigenvalue weighted by Gasteiger charge is 2.55. The molecule has 8 heteroatoms. The Hall–Kier alpha value is -4.07. The topological polar surface area (TPSA) is 98.5 Å². The molecule has 0 spiro atoms. The van der Waals surface area contributed by atoms with Crippen LogP contribution < -0.4 is 5.32 Å². The molecule has 0 saturated heterocycles. The van der Waals surface area contributed by atoms with Crippen LogP contribution in [-0.4, -0.2) is 29.0 Å². The number of benzene rings is 3. The second-order valence-electron chi connectivity index (χ2n) is 6.92. The maximum absolute atomic E-state index is 16.7. The van der Waals surface area contributed by atoms with E-state index in [9.17, 15) is 19.7 Å². The zero-order chi connectivity index (χ0) is 23.1. The number of ketones is 1. The van der Waals surface area contributed by atoms with Crippen molar-refractivity contribution in [1.29, 1.82) is 0 Å². The molecule has 0 bridgehead atoms. The number of nitrogens with zero attached hydrogens (tertiary/aromatic N) is 1. The van der Waals surface area contributed by atoms with Crippen molar-refractivity contribution in [3.8, 4) is 0 Å². The average molecular weight is 436 g/mol. The van der Waals surface area contributed by atoms with Crippen LogP contribution in [0, 0.1) is 10.1 Å². The molecule has 0 saturated carbocycles. The van der Waals surface area contributed by atoms with Crippen molar-refractivity contribution in [3.63, 3.8) is 0 Å². The Kier molecular flexibility index (Phi) is 6.94. The molecule has 2 atom stereocenters. The molecule has 0 aliphatic rings.